The Morgan fingerprint density at radius 2 is 2.00 bits per heavy atom. The molecule has 0 bridgehead atoms. The summed E-state index contributed by atoms with van der Waals surface area (Å²) in [7, 11) is 1.95. The molecule has 1 aromatic heterocycles. The lowest BCUT2D eigenvalue weighted by molar-refractivity contribution is 0.00741. The Morgan fingerprint density at radius 3 is 2.73 bits per heavy atom. The third kappa shape index (κ3) is 6.30. The zero-order chi connectivity index (χ0) is 15.6. The zero-order valence-electron chi connectivity index (χ0n) is 12.9. The minimum Gasteiger partial charge on any atom is -0.492 e. The van der Waals surface area contributed by atoms with Gasteiger partial charge in [-0.1, -0.05) is 18.2 Å². The molecule has 0 radical (unpaired) electrons. The molecule has 120 valence electrons. The zero-order valence-corrected chi connectivity index (χ0v) is 12.9. The Bertz CT molecular complexity index is 501. The van der Waals surface area contributed by atoms with Crippen LogP contribution in [0, 0.1) is 0 Å². The van der Waals surface area contributed by atoms with Crippen LogP contribution in [0.5, 0.6) is 5.75 Å². The van der Waals surface area contributed by atoms with E-state index in [0.717, 1.165) is 18.1 Å². The monoisotopic (exact) mass is 305 g/mol. The van der Waals surface area contributed by atoms with Crippen LogP contribution in [-0.2, 0) is 11.3 Å². The van der Waals surface area contributed by atoms with Gasteiger partial charge in [0, 0.05) is 13.1 Å². The molecule has 0 amide bonds. The summed E-state index contributed by atoms with van der Waals surface area (Å²) < 4.78 is 16.2. The van der Waals surface area contributed by atoms with Crippen molar-refractivity contribution in [3.05, 3.63) is 54.5 Å². The molecule has 0 spiro atoms. The number of likely N-dealkylation sites (N-methyl/N-ethyl adjacent to an activating group) is 1. The van der Waals surface area contributed by atoms with E-state index in [-0.39, 0.29) is 6.61 Å². The average Bonchev–Trinajstić information content (AvgIpc) is 3.01. The maximum Gasteiger partial charge on any atom is 0.129 e. The quantitative estimate of drug-likeness (QED) is 0.729. The van der Waals surface area contributed by atoms with E-state index in [1.165, 1.54) is 0 Å². The summed E-state index contributed by atoms with van der Waals surface area (Å²) >= 11 is 0. The van der Waals surface area contributed by atoms with E-state index in [9.17, 15) is 5.11 Å². The van der Waals surface area contributed by atoms with Gasteiger partial charge in [0.05, 0.1) is 19.0 Å². The number of furan rings is 1. The Hall–Kier alpha value is -1.82. The van der Waals surface area contributed by atoms with Gasteiger partial charge >= 0.3 is 0 Å². The third-order valence-corrected chi connectivity index (χ3v) is 3.14. The highest BCUT2D eigenvalue weighted by molar-refractivity contribution is 5.20. The molecular weight excluding hydrogens is 282 g/mol. The van der Waals surface area contributed by atoms with Gasteiger partial charge in [-0.05, 0) is 31.3 Å². The second-order valence-corrected chi connectivity index (χ2v) is 5.17. The van der Waals surface area contributed by atoms with Crippen molar-refractivity contribution in [1.82, 2.24) is 4.90 Å². The number of hydrogen-bond acceptors (Lipinski definition) is 5. The van der Waals surface area contributed by atoms with Gasteiger partial charge in [0.2, 0.25) is 0 Å². The lowest BCUT2D eigenvalue weighted by atomic mass is 10.3. The predicted molar refractivity (Wildman–Crippen MR) is 83.8 cm³/mol. The molecule has 1 atom stereocenters. The molecular formula is C17H23NO4. The van der Waals surface area contributed by atoms with E-state index in [0.29, 0.717) is 19.8 Å². The van der Waals surface area contributed by atoms with Crippen molar-refractivity contribution in [3.63, 3.8) is 0 Å². The fourth-order valence-electron chi connectivity index (χ4n) is 2.03. The first-order chi connectivity index (χ1) is 10.7. The molecule has 1 N–H and O–H groups in total. The number of rotatable bonds is 10. The molecule has 2 aromatic rings. The molecule has 0 aliphatic carbocycles. The maximum atomic E-state index is 9.93. The van der Waals surface area contributed by atoms with Crippen LogP contribution in [0.15, 0.2) is 53.1 Å². The van der Waals surface area contributed by atoms with E-state index >= 15 is 0 Å². The van der Waals surface area contributed by atoms with Crippen LogP contribution < -0.4 is 4.74 Å². The molecule has 0 saturated carbocycles. The van der Waals surface area contributed by atoms with Crippen molar-refractivity contribution in [2.45, 2.75) is 12.7 Å². The van der Waals surface area contributed by atoms with Gasteiger partial charge in [0.15, 0.2) is 0 Å². The van der Waals surface area contributed by atoms with Crippen LogP contribution in [-0.4, -0.2) is 49.5 Å². The van der Waals surface area contributed by atoms with Crippen molar-refractivity contribution in [3.8, 4) is 5.75 Å². The highest BCUT2D eigenvalue weighted by atomic mass is 16.5. The van der Waals surface area contributed by atoms with Crippen LogP contribution in [0.4, 0.5) is 0 Å². The van der Waals surface area contributed by atoms with Crippen molar-refractivity contribution in [2.24, 2.45) is 0 Å². The van der Waals surface area contributed by atoms with E-state index in [4.69, 9.17) is 13.9 Å². The van der Waals surface area contributed by atoms with E-state index in [1.54, 1.807) is 6.26 Å². The number of para-hydroxylation sites is 1. The first kappa shape index (κ1) is 16.5. The second-order valence-electron chi connectivity index (χ2n) is 5.17. The van der Waals surface area contributed by atoms with Crippen molar-refractivity contribution < 1.29 is 19.0 Å². The fraction of sp³-hybridized carbons (Fsp3) is 0.412. The molecule has 0 fully saturated rings. The number of aliphatic hydroxyl groups is 1. The van der Waals surface area contributed by atoms with Gasteiger partial charge in [0.25, 0.3) is 0 Å². The van der Waals surface area contributed by atoms with E-state index < -0.39 is 6.10 Å². The number of aliphatic hydroxyl groups excluding tert-OH is 1. The SMILES string of the molecule is CN(CCOc1ccccc1)C[C@@H](O)COCc1ccco1. The van der Waals surface area contributed by atoms with Crippen molar-refractivity contribution in [2.75, 3.05) is 33.4 Å². The molecule has 5 heteroatoms. The van der Waals surface area contributed by atoms with Gasteiger partial charge in [-0.3, -0.25) is 0 Å². The number of ether oxygens (including phenoxy) is 2. The van der Waals surface area contributed by atoms with Crippen molar-refractivity contribution in [1.29, 1.82) is 0 Å². The molecule has 0 aliphatic rings. The van der Waals surface area contributed by atoms with Crippen LogP contribution >= 0.6 is 0 Å². The molecule has 1 aromatic carbocycles. The average molecular weight is 305 g/mol. The summed E-state index contributed by atoms with van der Waals surface area (Å²) in [5, 5.41) is 9.93. The summed E-state index contributed by atoms with van der Waals surface area (Å²) in [6.07, 6.45) is 1.08. The Labute approximate surface area is 131 Å². The minimum absolute atomic E-state index is 0.282. The highest BCUT2D eigenvalue weighted by Crippen LogP contribution is 2.08. The number of nitrogens with zero attached hydrogens (tertiary/aromatic N) is 1. The first-order valence-corrected chi connectivity index (χ1v) is 7.38. The van der Waals surface area contributed by atoms with Crippen LogP contribution in [0.25, 0.3) is 0 Å². The molecule has 1 heterocycles. The first-order valence-electron chi connectivity index (χ1n) is 7.38. The highest BCUT2D eigenvalue weighted by Gasteiger charge is 2.09. The lowest BCUT2D eigenvalue weighted by Crippen LogP contribution is -2.34. The number of hydrogen-bond donors (Lipinski definition) is 1. The molecule has 0 unspecified atom stereocenters. The van der Waals surface area contributed by atoms with Crippen LogP contribution in [0.2, 0.25) is 0 Å². The molecule has 0 aliphatic heterocycles. The predicted octanol–water partition coefficient (Wildman–Crippen LogP) is 2.17. The smallest absolute Gasteiger partial charge is 0.129 e. The van der Waals surface area contributed by atoms with Crippen molar-refractivity contribution >= 4 is 0 Å². The van der Waals surface area contributed by atoms with Gasteiger partial charge in [-0.2, -0.15) is 0 Å². The summed E-state index contributed by atoms with van der Waals surface area (Å²) in [6, 6.07) is 13.4. The van der Waals surface area contributed by atoms with Gasteiger partial charge in [-0.15, -0.1) is 0 Å². The second kappa shape index (κ2) is 9.25. The Kier molecular flexibility index (Phi) is 6.96. The van der Waals surface area contributed by atoms with Crippen LogP contribution in [0.3, 0.4) is 0 Å². The third-order valence-electron chi connectivity index (χ3n) is 3.14. The molecule has 5 nitrogen and oxygen atoms in total. The van der Waals surface area contributed by atoms with Gasteiger partial charge in [-0.25, -0.2) is 0 Å². The number of benzene rings is 1. The standard InChI is InChI=1S/C17H23NO4/c1-18(9-11-22-16-6-3-2-4-7-16)12-15(19)13-20-14-17-8-5-10-21-17/h2-8,10,15,19H,9,11-14H2,1H3/t15-/m1/s1. The maximum absolute atomic E-state index is 9.93. The normalized spacial score (nSPS) is 12.5. The van der Waals surface area contributed by atoms with Gasteiger partial charge in [0.1, 0.15) is 24.7 Å². The molecule has 2 rings (SSSR count). The van der Waals surface area contributed by atoms with E-state index in [2.05, 4.69) is 0 Å². The van der Waals surface area contributed by atoms with E-state index in [1.807, 2.05) is 54.4 Å². The molecule has 22 heavy (non-hydrogen) atoms. The van der Waals surface area contributed by atoms with Gasteiger partial charge < -0.3 is 23.9 Å². The summed E-state index contributed by atoms with van der Waals surface area (Å²) in [4.78, 5) is 2.02. The summed E-state index contributed by atoms with van der Waals surface area (Å²) in [5.74, 6) is 1.62. The fourth-order valence-corrected chi connectivity index (χ4v) is 2.03. The summed E-state index contributed by atoms with van der Waals surface area (Å²) in [5.41, 5.74) is 0. The minimum atomic E-state index is -0.531. The van der Waals surface area contributed by atoms with Crippen LogP contribution in [0.1, 0.15) is 5.76 Å². The largest absolute Gasteiger partial charge is 0.492 e. The Morgan fingerprint density at radius 1 is 1.18 bits per heavy atom. The molecule has 0 saturated heterocycles. The Balaban J connectivity index is 1.54. The summed E-state index contributed by atoms with van der Waals surface area (Å²) in [6.45, 7) is 2.52. The topological polar surface area (TPSA) is 55.1 Å². The lowest BCUT2D eigenvalue weighted by Gasteiger charge is -2.20.